The number of carbonyl (C=O) groups is 1. The van der Waals surface area contributed by atoms with Crippen molar-refractivity contribution >= 4 is 50.6 Å². The zero-order valence-corrected chi connectivity index (χ0v) is 22.6. The van der Waals surface area contributed by atoms with Gasteiger partial charge in [0.2, 0.25) is 9.84 Å². The summed E-state index contributed by atoms with van der Waals surface area (Å²) in [6.07, 6.45) is 4.64. The van der Waals surface area contributed by atoms with Crippen LogP contribution in [0.15, 0.2) is 64.9 Å². The maximum absolute atomic E-state index is 13.2. The summed E-state index contributed by atoms with van der Waals surface area (Å²) < 4.78 is 44.6. The minimum absolute atomic E-state index is 0.00638. The maximum Gasteiger partial charge on any atom is 0.303 e. The number of hydrogen-bond acceptors (Lipinski definition) is 7. The Balaban J connectivity index is 1.67. The van der Waals surface area contributed by atoms with Crippen LogP contribution in [0.4, 0.5) is 0 Å². The Morgan fingerprint density at radius 3 is 2.08 bits per heavy atom. The largest absolute Gasteiger partial charge is 0.492 e. The molecule has 12 heteroatoms. The molecule has 3 aromatic rings. The van der Waals surface area contributed by atoms with Crippen molar-refractivity contribution in [2.45, 2.75) is 36.3 Å². The van der Waals surface area contributed by atoms with Gasteiger partial charge in [0, 0.05) is 31.8 Å². The number of carbonyl (C=O) groups excluding carboxylic acids is 1. The molecular formula is C24H25Cl3N2O6S. The average Bonchev–Trinajstić information content (AvgIpc) is 3.34. The van der Waals surface area contributed by atoms with E-state index >= 15 is 0 Å². The third kappa shape index (κ3) is 7.52. The third-order valence-electron chi connectivity index (χ3n) is 4.96. The molecule has 194 valence electrons. The number of rotatable bonds is 12. The quantitative estimate of drug-likeness (QED) is 0.214. The number of hydrogen-bond donors (Lipinski definition) is 0. The normalized spacial score (nSPS) is 13.1. The Labute approximate surface area is 225 Å². The van der Waals surface area contributed by atoms with Crippen LogP contribution < -0.4 is 9.47 Å². The van der Waals surface area contributed by atoms with Gasteiger partial charge in [-0.2, -0.15) is 0 Å². The van der Waals surface area contributed by atoms with Crippen LogP contribution in [0, 0.1) is 5.92 Å². The minimum Gasteiger partial charge on any atom is -0.492 e. The first-order chi connectivity index (χ1) is 17.1. The van der Waals surface area contributed by atoms with Crippen LogP contribution in [0.3, 0.4) is 0 Å². The molecule has 1 heterocycles. The topological polar surface area (TPSA) is 96.7 Å². The molecule has 3 rings (SSSR count). The molecule has 0 saturated heterocycles. The second-order valence-electron chi connectivity index (χ2n) is 8.06. The molecule has 0 aliphatic heterocycles. The Bertz CT molecular complexity index is 1290. The van der Waals surface area contributed by atoms with Gasteiger partial charge < -0.3 is 18.8 Å². The minimum atomic E-state index is -3.92. The van der Waals surface area contributed by atoms with Crippen LogP contribution in [-0.4, -0.2) is 49.1 Å². The van der Waals surface area contributed by atoms with E-state index in [1.807, 2.05) is 17.7 Å². The van der Waals surface area contributed by atoms with Gasteiger partial charge in [0.25, 0.3) is 0 Å². The fourth-order valence-electron chi connectivity index (χ4n) is 3.23. The molecule has 0 amide bonds. The van der Waals surface area contributed by atoms with Crippen LogP contribution in [0.2, 0.25) is 10.0 Å². The van der Waals surface area contributed by atoms with Gasteiger partial charge in [0.1, 0.15) is 24.2 Å². The van der Waals surface area contributed by atoms with Crippen molar-refractivity contribution in [3.05, 3.63) is 65.2 Å². The summed E-state index contributed by atoms with van der Waals surface area (Å²) in [7, 11) is -3.92. The molecule has 0 spiro atoms. The maximum atomic E-state index is 13.2. The molecule has 0 radical (unpaired) electrons. The molecule has 0 saturated carbocycles. The van der Waals surface area contributed by atoms with E-state index in [-0.39, 0.29) is 44.0 Å². The molecule has 0 bridgehead atoms. The van der Waals surface area contributed by atoms with Crippen molar-refractivity contribution < 1.29 is 27.4 Å². The summed E-state index contributed by atoms with van der Waals surface area (Å²) in [5.41, 5.74) is 0. The molecule has 0 fully saturated rings. The fourth-order valence-corrected chi connectivity index (χ4v) is 5.30. The highest BCUT2D eigenvalue weighted by Crippen LogP contribution is 2.33. The smallest absolute Gasteiger partial charge is 0.303 e. The van der Waals surface area contributed by atoms with Crippen molar-refractivity contribution in [3.63, 3.8) is 0 Å². The first-order valence-corrected chi connectivity index (χ1v) is 13.7. The van der Waals surface area contributed by atoms with E-state index in [1.54, 1.807) is 12.5 Å². The summed E-state index contributed by atoms with van der Waals surface area (Å²) in [5.74, 6) is 0.334. The predicted molar refractivity (Wildman–Crippen MR) is 137 cm³/mol. The van der Waals surface area contributed by atoms with Gasteiger partial charge in [-0.3, -0.25) is 4.79 Å². The standard InChI is InChI=1S/C24H25Cl3N2O6S/c1-16(12-29-8-7-28-15-29)13-33-23-5-3-19(9-21(23)26)36(31,32)20-4-6-24(22(27)10-20)34-14-18(11-25)35-17(2)30/h3-10,15-16,18H,11-14H2,1-2H3/t16-,18+/m1/s1. The van der Waals surface area contributed by atoms with Crippen LogP contribution >= 0.6 is 34.8 Å². The number of halogens is 3. The number of benzene rings is 2. The molecule has 2 atom stereocenters. The second kappa shape index (κ2) is 12.7. The van der Waals surface area contributed by atoms with Crippen molar-refractivity contribution in [3.8, 4) is 11.5 Å². The number of sulfone groups is 1. The van der Waals surface area contributed by atoms with Crippen molar-refractivity contribution in [1.29, 1.82) is 0 Å². The summed E-state index contributed by atoms with van der Waals surface area (Å²) in [6.45, 7) is 4.37. The number of aromatic nitrogens is 2. The lowest BCUT2D eigenvalue weighted by atomic mass is 10.2. The molecule has 1 aromatic heterocycles. The molecule has 2 aromatic carbocycles. The van der Waals surface area contributed by atoms with E-state index in [4.69, 9.17) is 49.0 Å². The van der Waals surface area contributed by atoms with E-state index in [1.165, 1.54) is 43.3 Å². The molecule has 0 unspecified atom stereocenters. The third-order valence-corrected chi connectivity index (χ3v) is 7.65. The Morgan fingerprint density at radius 1 is 1.03 bits per heavy atom. The fraction of sp³-hybridized carbons (Fsp3) is 0.333. The molecule has 0 aliphatic carbocycles. The van der Waals surface area contributed by atoms with E-state index in [0.717, 1.165) is 6.54 Å². The Kier molecular flexibility index (Phi) is 9.90. The van der Waals surface area contributed by atoms with Gasteiger partial charge in [-0.25, -0.2) is 13.4 Å². The zero-order chi connectivity index (χ0) is 26.3. The van der Waals surface area contributed by atoms with Crippen LogP contribution in [0.25, 0.3) is 0 Å². The molecule has 8 nitrogen and oxygen atoms in total. The number of alkyl halides is 1. The van der Waals surface area contributed by atoms with Crippen LogP contribution in [0.5, 0.6) is 11.5 Å². The first kappa shape index (κ1) is 28.1. The zero-order valence-electron chi connectivity index (χ0n) is 19.6. The Morgan fingerprint density at radius 2 is 1.61 bits per heavy atom. The lowest BCUT2D eigenvalue weighted by Crippen LogP contribution is -2.25. The van der Waals surface area contributed by atoms with Crippen LogP contribution in [-0.2, 0) is 25.9 Å². The highest BCUT2D eigenvalue weighted by atomic mass is 35.5. The van der Waals surface area contributed by atoms with Gasteiger partial charge in [-0.05, 0) is 36.4 Å². The lowest BCUT2D eigenvalue weighted by molar-refractivity contribution is -0.146. The highest BCUT2D eigenvalue weighted by molar-refractivity contribution is 7.91. The van der Waals surface area contributed by atoms with Gasteiger partial charge >= 0.3 is 5.97 Å². The van der Waals surface area contributed by atoms with Gasteiger partial charge in [0.05, 0.1) is 38.7 Å². The second-order valence-corrected chi connectivity index (χ2v) is 11.1. The van der Waals surface area contributed by atoms with Crippen molar-refractivity contribution in [1.82, 2.24) is 9.55 Å². The Hall–Kier alpha value is -2.46. The lowest BCUT2D eigenvalue weighted by Gasteiger charge is -2.16. The van der Waals surface area contributed by atoms with E-state index in [9.17, 15) is 13.2 Å². The summed E-state index contributed by atoms with van der Waals surface area (Å²) in [4.78, 5) is 15.1. The van der Waals surface area contributed by atoms with E-state index < -0.39 is 21.9 Å². The number of nitrogens with zero attached hydrogens (tertiary/aromatic N) is 2. The van der Waals surface area contributed by atoms with Crippen LogP contribution in [0.1, 0.15) is 13.8 Å². The molecule has 0 aliphatic rings. The number of esters is 1. The predicted octanol–water partition coefficient (Wildman–Crippen LogP) is 5.29. The molecule has 36 heavy (non-hydrogen) atoms. The van der Waals surface area contributed by atoms with Gasteiger partial charge in [0.15, 0.2) is 0 Å². The summed E-state index contributed by atoms with van der Waals surface area (Å²) in [5, 5.41) is 0.250. The number of imidazole rings is 1. The van der Waals surface area contributed by atoms with E-state index in [0.29, 0.717) is 12.4 Å². The SMILES string of the molecule is CC(=O)O[C@@H](CCl)COc1ccc(S(=O)(=O)c2ccc(OC[C@H](C)Cn3ccnc3)c(Cl)c2)cc1Cl. The number of ether oxygens (including phenoxy) is 3. The molecular weight excluding hydrogens is 551 g/mol. The van der Waals surface area contributed by atoms with Crippen molar-refractivity contribution in [2.75, 3.05) is 19.1 Å². The van der Waals surface area contributed by atoms with E-state index in [2.05, 4.69) is 4.98 Å². The summed E-state index contributed by atoms with van der Waals surface area (Å²) >= 11 is 18.3. The average molecular weight is 576 g/mol. The first-order valence-electron chi connectivity index (χ1n) is 10.9. The van der Waals surface area contributed by atoms with Gasteiger partial charge in [-0.1, -0.05) is 30.1 Å². The van der Waals surface area contributed by atoms with Crippen molar-refractivity contribution in [2.24, 2.45) is 5.92 Å². The molecule has 0 N–H and O–H groups in total. The monoisotopic (exact) mass is 574 g/mol. The summed E-state index contributed by atoms with van der Waals surface area (Å²) in [6, 6.07) is 8.38. The van der Waals surface area contributed by atoms with Gasteiger partial charge in [-0.15, -0.1) is 11.6 Å². The highest BCUT2D eigenvalue weighted by Gasteiger charge is 2.21.